The third-order valence-corrected chi connectivity index (χ3v) is 5.17. The van der Waals surface area contributed by atoms with Crippen molar-refractivity contribution in [3.63, 3.8) is 0 Å². The maximum Gasteiger partial charge on any atom is 0.273 e. The van der Waals surface area contributed by atoms with Crippen LogP contribution in [0.1, 0.15) is 16.1 Å². The first-order valence-electron chi connectivity index (χ1n) is 8.57. The van der Waals surface area contributed by atoms with Gasteiger partial charge in [0.15, 0.2) is 0 Å². The first-order valence-corrected chi connectivity index (χ1v) is 9.70. The summed E-state index contributed by atoms with van der Waals surface area (Å²) in [7, 11) is 0. The van der Waals surface area contributed by atoms with Crippen LogP contribution in [0.3, 0.4) is 0 Å². The lowest BCUT2D eigenvalue weighted by atomic mass is 10.1. The van der Waals surface area contributed by atoms with E-state index in [1.54, 1.807) is 47.4 Å². The molecule has 4 rings (SSSR count). The average Bonchev–Trinajstić information content (AvgIpc) is 3.35. The Morgan fingerprint density at radius 2 is 1.83 bits per heavy atom. The number of carbonyl (C=O) groups excluding carboxylic acids is 1. The van der Waals surface area contributed by atoms with Crippen LogP contribution in [0.15, 0.2) is 60.9 Å². The molecule has 1 amide bonds. The van der Waals surface area contributed by atoms with Crippen LogP contribution >= 0.6 is 34.8 Å². The summed E-state index contributed by atoms with van der Waals surface area (Å²) in [5, 5.41) is 15.6. The molecule has 0 aliphatic carbocycles. The van der Waals surface area contributed by atoms with Crippen LogP contribution in [-0.2, 0) is 6.54 Å². The van der Waals surface area contributed by atoms with Crippen LogP contribution in [0, 0.1) is 0 Å². The van der Waals surface area contributed by atoms with E-state index in [4.69, 9.17) is 34.8 Å². The zero-order chi connectivity index (χ0) is 20.4. The smallest absolute Gasteiger partial charge is 0.273 e. The fourth-order valence-corrected chi connectivity index (χ4v) is 3.19. The van der Waals surface area contributed by atoms with E-state index in [-0.39, 0.29) is 5.91 Å². The standard InChI is InChI=1S/C20H14Cl3N5O/c21-14-4-2-13(3-5-14)18-8-19(27-26-18)20(29)25-15-9-24-28(11-15)10-12-1-6-16(22)17(23)7-12/h1-9,11H,10H2,(H,25,29)(H,26,27). The summed E-state index contributed by atoms with van der Waals surface area (Å²) in [6, 6.07) is 14.3. The van der Waals surface area contributed by atoms with Crippen molar-refractivity contribution in [3.05, 3.63) is 87.2 Å². The molecule has 29 heavy (non-hydrogen) atoms. The average molecular weight is 447 g/mol. The van der Waals surface area contributed by atoms with Crippen molar-refractivity contribution in [2.75, 3.05) is 5.32 Å². The van der Waals surface area contributed by atoms with Crippen molar-refractivity contribution < 1.29 is 4.79 Å². The molecule has 2 N–H and O–H groups in total. The van der Waals surface area contributed by atoms with Gasteiger partial charge in [0, 0.05) is 16.8 Å². The van der Waals surface area contributed by atoms with Crippen LogP contribution in [0.5, 0.6) is 0 Å². The quantitative estimate of drug-likeness (QED) is 0.423. The van der Waals surface area contributed by atoms with Crippen LogP contribution in [0.25, 0.3) is 11.3 Å². The summed E-state index contributed by atoms with van der Waals surface area (Å²) in [5.74, 6) is -0.313. The normalized spacial score (nSPS) is 10.9. The number of aromatic amines is 1. The molecule has 2 aromatic heterocycles. The monoisotopic (exact) mass is 445 g/mol. The van der Waals surface area contributed by atoms with Gasteiger partial charge in [0.25, 0.3) is 5.91 Å². The van der Waals surface area contributed by atoms with E-state index in [2.05, 4.69) is 20.6 Å². The van der Waals surface area contributed by atoms with E-state index in [1.165, 1.54) is 0 Å². The number of aromatic nitrogens is 4. The van der Waals surface area contributed by atoms with E-state index in [9.17, 15) is 4.79 Å². The highest BCUT2D eigenvalue weighted by Crippen LogP contribution is 2.23. The van der Waals surface area contributed by atoms with Gasteiger partial charge in [-0.2, -0.15) is 10.2 Å². The highest BCUT2D eigenvalue weighted by Gasteiger charge is 2.12. The number of benzene rings is 2. The molecule has 146 valence electrons. The van der Waals surface area contributed by atoms with Crippen LogP contribution in [-0.4, -0.2) is 25.9 Å². The minimum atomic E-state index is -0.313. The number of halogens is 3. The maximum absolute atomic E-state index is 12.5. The zero-order valence-corrected chi connectivity index (χ0v) is 17.1. The molecule has 0 spiro atoms. The van der Waals surface area contributed by atoms with Crippen molar-refractivity contribution >= 4 is 46.4 Å². The van der Waals surface area contributed by atoms with E-state index < -0.39 is 0 Å². The SMILES string of the molecule is O=C(Nc1cnn(Cc2ccc(Cl)c(Cl)c2)c1)c1cc(-c2ccc(Cl)cc2)n[nH]1. The Balaban J connectivity index is 1.42. The first kappa shape index (κ1) is 19.5. The topological polar surface area (TPSA) is 75.6 Å². The van der Waals surface area contributed by atoms with E-state index in [1.807, 2.05) is 18.2 Å². The van der Waals surface area contributed by atoms with Crippen molar-refractivity contribution in [3.8, 4) is 11.3 Å². The molecule has 0 unspecified atom stereocenters. The van der Waals surface area contributed by atoms with Gasteiger partial charge in [-0.05, 0) is 35.9 Å². The van der Waals surface area contributed by atoms with E-state index >= 15 is 0 Å². The molecule has 2 heterocycles. The van der Waals surface area contributed by atoms with Crippen molar-refractivity contribution in [2.24, 2.45) is 0 Å². The molecule has 0 saturated carbocycles. The predicted molar refractivity (Wildman–Crippen MR) is 115 cm³/mol. The van der Waals surface area contributed by atoms with Gasteiger partial charge >= 0.3 is 0 Å². The number of H-pyrrole nitrogens is 1. The Kier molecular flexibility index (Phi) is 5.58. The summed E-state index contributed by atoms with van der Waals surface area (Å²) < 4.78 is 1.70. The second-order valence-corrected chi connectivity index (χ2v) is 7.55. The van der Waals surface area contributed by atoms with Crippen LogP contribution in [0.2, 0.25) is 15.1 Å². The third-order valence-electron chi connectivity index (χ3n) is 4.18. The highest BCUT2D eigenvalue weighted by molar-refractivity contribution is 6.42. The summed E-state index contributed by atoms with van der Waals surface area (Å²) in [5.41, 5.74) is 3.37. The lowest BCUT2D eigenvalue weighted by Crippen LogP contribution is -2.11. The Hall–Kier alpha value is -2.80. The molecule has 0 radical (unpaired) electrons. The molecule has 4 aromatic rings. The van der Waals surface area contributed by atoms with Gasteiger partial charge in [-0.25, -0.2) is 0 Å². The Morgan fingerprint density at radius 3 is 2.59 bits per heavy atom. The lowest BCUT2D eigenvalue weighted by Gasteiger charge is -2.03. The zero-order valence-electron chi connectivity index (χ0n) is 14.9. The molecule has 2 aromatic carbocycles. The first-order chi connectivity index (χ1) is 14.0. The number of carbonyl (C=O) groups is 1. The Bertz CT molecular complexity index is 1170. The molecule has 0 fully saturated rings. The Morgan fingerprint density at radius 1 is 1.03 bits per heavy atom. The summed E-state index contributed by atoms with van der Waals surface area (Å²) in [4.78, 5) is 12.5. The van der Waals surface area contributed by atoms with Crippen molar-refractivity contribution in [1.29, 1.82) is 0 Å². The number of rotatable bonds is 5. The van der Waals surface area contributed by atoms with Crippen molar-refractivity contribution in [1.82, 2.24) is 20.0 Å². The molecule has 0 atom stereocenters. The second kappa shape index (κ2) is 8.29. The molecule has 0 saturated heterocycles. The number of anilines is 1. The fraction of sp³-hybridized carbons (Fsp3) is 0.0500. The lowest BCUT2D eigenvalue weighted by molar-refractivity contribution is 0.102. The molecule has 9 heteroatoms. The van der Waals surface area contributed by atoms with E-state index in [0.29, 0.717) is 38.7 Å². The predicted octanol–water partition coefficient (Wildman–Crippen LogP) is 5.53. The molecule has 0 aliphatic heterocycles. The van der Waals surface area contributed by atoms with Gasteiger partial charge in [0.1, 0.15) is 5.69 Å². The maximum atomic E-state index is 12.5. The number of amides is 1. The Labute approximate surface area is 181 Å². The highest BCUT2D eigenvalue weighted by atomic mass is 35.5. The molecule has 6 nitrogen and oxygen atoms in total. The minimum absolute atomic E-state index is 0.313. The summed E-state index contributed by atoms with van der Waals surface area (Å²) in [6.45, 7) is 0.498. The third kappa shape index (κ3) is 4.62. The van der Waals surface area contributed by atoms with Crippen molar-refractivity contribution in [2.45, 2.75) is 6.54 Å². The largest absolute Gasteiger partial charge is 0.318 e. The fourth-order valence-electron chi connectivity index (χ4n) is 2.74. The van der Waals surface area contributed by atoms with Gasteiger partial charge in [0.2, 0.25) is 0 Å². The van der Waals surface area contributed by atoms with Gasteiger partial charge in [-0.1, -0.05) is 53.0 Å². The number of hydrogen-bond donors (Lipinski definition) is 2. The summed E-state index contributed by atoms with van der Waals surface area (Å²) >= 11 is 17.9. The number of nitrogens with zero attached hydrogens (tertiary/aromatic N) is 3. The van der Waals surface area contributed by atoms with Gasteiger partial charge in [-0.15, -0.1) is 0 Å². The number of hydrogen-bond acceptors (Lipinski definition) is 3. The second-order valence-electron chi connectivity index (χ2n) is 6.30. The van der Waals surface area contributed by atoms with Gasteiger partial charge in [-0.3, -0.25) is 14.6 Å². The summed E-state index contributed by atoms with van der Waals surface area (Å²) in [6.07, 6.45) is 3.31. The molecule has 0 aliphatic rings. The molecular weight excluding hydrogens is 433 g/mol. The minimum Gasteiger partial charge on any atom is -0.318 e. The van der Waals surface area contributed by atoms with Crippen LogP contribution in [0.4, 0.5) is 5.69 Å². The van der Waals surface area contributed by atoms with Gasteiger partial charge in [0.05, 0.1) is 34.2 Å². The number of nitrogens with one attached hydrogen (secondary N) is 2. The van der Waals surface area contributed by atoms with E-state index in [0.717, 1.165) is 11.1 Å². The van der Waals surface area contributed by atoms with Crippen LogP contribution < -0.4 is 5.32 Å². The van der Waals surface area contributed by atoms with Gasteiger partial charge < -0.3 is 5.32 Å². The molecule has 0 bridgehead atoms. The molecular formula is C20H14Cl3N5O.